The van der Waals surface area contributed by atoms with Crippen molar-refractivity contribution in [3.63, 3.8) is 0 Å². The van der Waals surface area contributed by atoms with E-state index in [9.17, 15) is 20.1 Å². The predicted octanol–water partition coefficient (Wildman–Crippen LogP) is 4.73. The summed E-state index contributed by atoms with van der Waals surface area (Å²) in [5.74, 6) is 7.07. The second kappa shape index (κ2) is 7.14. The minimum absolute atomic E-state index is 0.210. The molecule has 0 aromatic heterocycles. The van der Waals surface area contributed by atoms with Crippen LogP contribution in [0.15, 0.2) is 42.5 Å². The van der Waals surface area contributed by atoms with E-state index in [-0.39, 0.29) is 11.0 Å². The molecule has 3 unspecified atom stereocenters. The quantitative estimate of drug-likeness (QED) is 0.588. The maximum Gasteiger partial charge on any atom is 0.335 e. The van der Waals surface area contributed by atoms with Crippen LogP contribution in [0.5, 0.6) is 5.75 Å². The van der Waals surface area contributed by atoms with Crippen LogP contribution in [-0.4, -0.2) is 26.9 Å². The van der Waals surface area contributed by atoms with Gasteiger partial charge in [-0.15, -0.1) is 0 Å². The molecule has 4 nitrogen and oxygen atoms in total. The van der Waals surface area contributed by atoms with Gasteiger partial charge in [-0.25, -0.2) is 4.79 Å². The molecule has 3 N–H and O–H groups in total. The topological polar surface area (TPSA) is 77.8 Å². The molecule has 2 saturated carbocycles. The van der Waals surface area contributed by atoms with Crippen molar-refractivity contribution in [3.8, 4) is 17.6 Å². The Balaban J connectivity index is 1.44. The summed E-state index contributed by atoms with van der Waals surface area (Å²) >= 11 is 0. The van der Waals surface area contributed by atoms with Gasteiger partial charge in [0, 0.05) is 11.0 Å². The largest absolute Gasteiger partial charge is 0.508 e. The average Bonchev–Trinajstić information content (AvgIpc) is 3.03. The lowest BCUT2D eigenvalue weighted by Crippen LogP contribution is -2.50. The number of aryl methyl sites for hydroxylation is 1. The van der Waals surface area contributed by atoms with E-state index in [0.29, 0.717) is 35.5 Å². The van der Waals surface area contributed by atoms with E-state index >= 15 is 0 Å². The second-order valence-corrected chi connectivity index (χ2v) is 9.79. The van der Waals surface area contributed by atoms with Crippen LogP contribution >= 0.6 is 0 Å². The minimum Gasteiger partial charge on any atom is -0.508 e. The number of carboxylic acids is 1. The first-order valence-electron chi connectivity index (χ1n) is 11.2. The molecule has 3 aliphatic rings. The van der Waals surface area contributed by atoms with Gasteiger partial charge in [0.25, 0.3) is 0 Å². The number of aromatic hydroxyl groups is 1. The Hall–Kier alpha value is -2.77. The van der Waals surface area contributed by atoms with E-state index in [4.69, 9.17) is 0 Å². The molecule has 2 aromatic carbocycles. The van der Waals surface area contributed by atoms with Crippen LogP contribution < -0.4 is 0 Å². The lowest BCUT2D eigenvalue weighted by atomic mass is 9.53. The van der Waals surface area contributed by atoms with E-state index in [2.05, 4.69) is 24.8 Å². The highest BCUT2D eigenvalue weighted by atomic mass is 16.4. The van der Waals surface area contributed by atoms with Crippen molar-refractivity contribution in [2.45, 2.75) is 57.0 Å². The third-order valence-electron chi connectivity index (χ3n) is 8.38. The van der Waals surface area contributed by atoms with E-state index in [0.717, 1.165) is 32.1 Å². The number of hydrogen-bond acceptors (Lipinski definition) is 3. The molecular formula is C27H28O4. The fraction of sp³-hybridized carbons (Fsp3) is 0.444. The van der Waals surface area contributed by atoms with E-state index in [1.807, 2.05) is 6.07 Å². The summed E-state index contributed by atoms with van der Waals surface area (Å²) in [5, 5.41) is 30.8. The summed E-state index contributed by atoms with van der Waals surface area (Å²) < 4.78 is 0. The number of aromatic carboxylic acids is 1. The van der Waals surface area contributed by atoms with Crippen LogP contribution in [0, 0.1) is 29.1 Å². The number of phenols is 1. The van der Waals surface area contributed by atoms with Gasteiger partial charge in [-0.1, -0.05) is 30.9 Å². The Morgan fingerprint density at radius 1 is 1.10 bits per heavy atom. The lowest BCUT2D eigenvalue weighted by Gasteiger charge is -2.52. The fourth-order valence-corrected chi connectivity index (χ4v) is 6.70. The van der Waals surface area contributed by atoms with Gasteiger partial charge in [-0.3, -0.25) is 0 Å². The smallest absolute Gasteiger partial charge is 0.335 e. The standard InChI is InChI=1S/C27H28O4/c1-26-12-10-22-21-8-6-20(28)16-18(21)5-7-23(22)24(26)11-14-27(26,31)13-9-17-3-2-4-19(15-17)25(29)30/h2-4,6,8,15-16,22-24,28,31H,5,7,10-12,14H2,1H3,(H,29,30)/t22?,23?,24?,26-,27-/m0/s1. The molecule has 2 aromatic rings. The van der Waals surface area contributed by atoms with Gasteiger partial charge in [0.15, 0.2) is 0 Å². The number of carbonyl (C=O) groups is 1. The highest BCUT2D eigenvalue weighted by Gasteiger charge is 2.61. The van der Waals surface area contributed by atoms with Gasteiger partial charge in [-0.2, -0.15) is 0 Å². The summed E-state index contributed by atoms with van der Waals surface area (Å²) in [6, 6.07) is 12.4. The second-order valence-electron chi connectivity index (χ2n) is 9.79. The van der Waals surface area contributed by atoms with Gasteiger partial charge in [0.05, 0.1) is 5.56 Å². The Morgan fingerprint density at radius 3 is 2.74 bits per heavy atom. The molecule has 160 valence electrons. The number of rotatable bonds is 1. The highest BCUT2D eigenvalue weighted by Crippen LogP contribution is 2.64. The van der Waals surface area contributed by atoms with Gasteiger partial charge >= 0.3 is 5.97 Å². The zero-order valence-corrected chi connectivity index (χ0v) is 17.8. The zero-order valence-electron chi connectivity index (χ0n) is 17.8. The number of phenolic OH excluding ortho intramolecular Hbond substituents is 1. The number of fused-ring (bicyclic) bond motifs is 5. The number of aliphatic hydroxyl groups is 1. The van der Waals surface area contributed by atoms with Gasteiger partial charge in [0.2, 0.25) is 0 Å². The van der Waals surface area contributed by atoms with Gasteiger partial charge in [-0.05, 0) is 97.7 Å². The number of benzene rings is 2. The summed E-state index contributed by atoms with van der Waals surface area (Å²) in [5.41, 5.74) is 2.17. The maximum atomic E-state index is 11.7. The van der Waals surface area contributed by atoms with E-state index in [1.165, 1.54) is 11.1 Å². The third kappa shape index (κ3) is 3.15. The van der Waals surface area contributed by atoms with Crippen molar-refractivity contribution in [3.05, 3.63) is 64.7 Å². The molecule has 0 bridgehead atoms. The lowest BCUT2D eigenvalue weighted by molar-refractivity contribution is -0.0647. The average molecular weight is 417 g/mol. The highest BCUT2D eigenvalue weighted by molar-refractivity contribution is 5.88. The SMILES string of the molecule is C[C@]12CCC3c4ccc(O)cc4CCC3C1CC[C@@]2(O)C#Cc1cccc(C(=O)O)c1. The molecule has 0 aliphatic heterocycles. The molecular weight excluding hydrogens is 388 g/mol. The van der Waals surface area contributed by atoms with Crippen LogP contribution in [0.1, 0.15) is 72.0 Å². The van der Waals surface area contributed by atoms with Crippen LogP contribution in [0.4, 0.5) is 0 Å². The Kier molecular flexibility index (Phi) is 4.64. The molecule has 2 fully saturated rings. The monoisotopic (exact) mass is 416 g/mol. The summed E-state index contributed by atoms with van der Waals surface area (Å²) in [7, 11) is 0. The molecule has 0 heterocycles. The first-order valence-corrected chi connectivity index (χ1v) is 11.2. The third-order valence-corrected chi connectivity index (χ3v) is 8.38. The minimum atomic E-state index is -1.06. The molecule has 5 rings (SSSR count). The van der Waals surface area contributed by atoms with Gasteiger partial charge in [0.1, 0.15) is 11.4 Å². The Labute approximate surface area is 182 Å². The van der Waals surface area contributed by atoms with Crippen LogP contribution in [0.2, 0.25) is 0 Å². The van der Waals surface area contributed by atoms with Crippen molar-refractivity contribution >= 4 is 5.97 Å². The summed E-state index contributed by atoms with van der Waals surface area (Å²) in [4.78, 5) is 11.2. The van der Waals surface area contributed by atoms with Crippen LogP contribution in [-0.2, 0) is 6.42 Å². The first kappa shape index (κ1) is 20.2. The zero-order chi connectivity index (χ0) is 21.8. The fourth-order valence-electron chi connectivity index (χ4n) is 6.70. The van der Waals surface area contributed by atoms with Crippen molar-refractivity contribution in [1.82, 2.24) is 0 Å². The number of hydrogen-bond donors (Lipinski definition) is 3. The summed E-state index contributed by atoms with van der Waals surface area (Å²) in [6.45, 7) is 2.20. The van der Waals surface area contributed by atoms with Crippen molar-refractivity contribution in [1.29, 1.82) is 0 Å². The molecule has 0 radical (unpaired) electrons. The Morgan fingerprint density at radius 2 is 1.94 bits per heavy atom. The summed E-state index contributed by atoms with van der Waals surface area (Å²) in [6.07, 6.45) is 5.62. The predicted molar refractivity (Wildman–Crippen MR) is 118 cm³/mol. The van der Waals surface area contributed by atoms with Crippen molar-refractivity contribution in [2.24, 2.45) is 17.3 Å². The van der Waals surface area contributed by atoms with E-state index < -0.39 is 11.6 Å². The molecule has 0 amide bonds. The van der Waals surface area contributed by atoms with Crippen molar-refractivity contribution in [2.75, 3.05) is 0 Å². The van der Waals surface area contributed by atoms with Crippen LogP contribution in [0.25, 0.3) is 0 Å². The molecule has 3 aliphatic carbocycles. The normalized spacial score (nSPS) is 33.4. The first-order chi connectivity index (χ1) is 14.8. The van der Waals surface area contributed by atoms with Crippen LogP contribution in [0.3, 0.4) is 0 Å². The molecule has 5 atom stereocenters. The molecule has 4 heteroatoms. The van der Waals surface area contributed by atoms with Crippen molar-refractivity contribution < 1.29 is 20.1 Å². The Bertz CT molecular complexity index is 1110. The van der Waals surface area contributed by atoms with Gasteiger partial charge < -0.3 is 15.3 Å². The maximum absolute atomic E-state index is 11.7. The molecule has 0 spiro atoms. The number of carboxylic acid groups (broad SMARTS) is 1. The van der Waals surface area contributed by atoms with E-state index in [1.54, 1.807) is 30.3 Å². The molecule has 0 saturated heterocycles. The molecule has 31 heavy (non-hydrogen) atoms.